The van der Waals surface area contributed by atoms with Gasteiger partial charge in [0.05, 0.1) is 18.8 Å². The predicted molar refractivity (Wildman–Crippen MR) is 64.0 cm³/mol. The maximum atomic E-state index is 9.72. The SMILES string of the molecule is C[C@H](O)/C=C/C1=C(CO)C[C@@H](O)CC1(C)C. The van der Waals surface area contributed by atoms with Crippen LogP contribution in [0.4, 0.5) is 0 Å². The molecule has 0 heterocycles. The third-order valence-electron chi connectivity index (χ3n) is 3.07. The molecule has 16 heavy (non-hydrogen) atoms. The molecule has 3 N–H and O–H groups in total. The lowest BCUT2D eigenvalue weighted by Crippen LogP contribution is -2.30. The molecule has 1 rings (SSSR count). The molecule has 0 spiro atoms. The quantitative estimate of drug-likeness (QED) is 0.681. The van der Waals surface area contributed by atoms with Gasteiger partial charge in [0.1, 0.15) is 0 Å². The van der Waals surface area contributed by atoms with Gasteiger partial charge in [-0.3, -0.25) is 0 Å². The van der Waals surface area contributed by atoms with Crippen molar-refractivity contribution in [2.45, 2.75) is 45.8 Å². The second-order valence-corrected chi connectivity index (χ2v) is 5.22. The highest BCUT2D eigenvalue weighted by molar-refractivity contribution is 5.35. The number of allylic oxidation sites excluding steroid dienone is 2. The van der Waals surface area contributed by atoms with E-state index in [0.717, 1.165) is 11.1 Å². The second-order valence-electron chi connectivity index (χ2n) is 5.22. The Bertz CT molecular complexity index is 300. The molecular formula is C13H22O3. The van der Waals surface area contributed by atoms with Crippen molar-refractivity contribution in [3.8, 4) is 0 Å². The normalized spacial score (nSPS) is 27.5. The van der Waals surface area contributed by atoms with Gasteiger partial charge >= 0.3 is 0 Å². The molecule has 3 nitrogen and oxygen atoms in total. The van der Waals surface area contributed by atoms with E-state index in [1.165, 1.54) is 0 Å². The summed E-state index contributed by atoms with van der Waals surface area (Å²) in [5.74, 6) is 0. The second kappa shape index (κ2) is 5.13. The fraction of sp³-hybridized carbons (Fsp3) is 0.692. The average Bonchev–Trinajstić information content (AvgIpc) is 2.13. The number of hydrogen-bond donors (Lipinski definition) is 3. The molecule has 0 aromatic carbocycles. The highest BCUT2D eigenvalue weighted by Gasteiger charge is 2.32. The number of aliphatic hydroxyl groups is 3. The van der Waals surface area contributed by atoms with E-state index in [9.17, 15) is 15.3 Å². The van der Waals surface area contributed by atoms with Crippen LogP contribution in [-0.2, 0) is 0 Å². The van der Waals surface area contributed by atoms with E-state index in [1.807, 2.05) is 19.9 Å². The number of hydrogen-bond acceptors (Lipinski definition) is 3. The third-order valence-corrected chi connectivity index (χ3v) is 3.07. The Morgan fingerprint density at radius 3 is 2.62 bits per heavy atom. The van der Waals surface area contributed by atoms with Gasteiger partial charge in [-0.2, -0.15) is 0 Å². The smallest absolute Gasteiger partial charge is 0.0695 e. The summed E-state index contributed by atoms with van der Waals surface area (Å²) >= 11 is 0. The Kier molecular flexibility index (Phi) is 4.30. The van der Waals surface area contributed by atoms with Crippen LogP contribution in [0, 0.1) is 5.41 Å². The highest BCUT2D eigenvalue weighted by atomic mass is 16.3. The van der Waals surface area contributed by atoms with Crippen molar-refractivity contribution in [1.29, 1.82) is 0 Å². The molecule has 0 aromatic rings. The lowest BCUT2D eigenvalue weighted by Gasteiger charge is -2.36. The maximum absolute atomic E-state index is 9.72. The number of rotatable bonds is 3. The van der Waals surface area contributed by atoms with E-state index >= 15 is 0 Å². The fourth-order valence-electron chi connectivity index (χ4n) is 2.37. The summed E-state index contributed by atoms with van der Waals surface area (Å²) in [6.45, 7) is 5.76. The molecule has 0 saturated heterocycles. The van der Waals surface area contributed by atoms with Crippen LogP contribution >= 0.6 is 0 Å². The lowest BCUT2D eigenvalue weighted by atomic mass is 9.71. The van der Waals surface area contributed by atoms with Gasteiger partial charge in [0, 0.05) is 0 Å². The third kappa shape index (κ3) is 3.17. The summed E-state index contributed by atoms with van der Waals surface area (Å²) in [6.07, 6.45) is 3.94. The predicted octanol–water partition coefficient (Wildman–Crippen LogP) is 1.39. The van der Waals surface area contributed by atoms with Crippen molar-refractivity contribution in [3.05, 3.63) is 23.3 Å². The summed E-state index contributed by atoms with van der Waals surface area (Å²) in [7, 11) is 0. The zero-order valence-corrected chi connectivity index (χ0v) is 10.3. The molecule has 2 atom stereocenters. The standard InChI is InChI=1S/C13H22O3/c1-9(15)4-5-12-10(8-14)6-11(16)7-13(12,2)3/h4-5,9,11,14-16H,6-8H2,1-3H3/b5-4+/t9-,11+/m0/s1. The molecule has 0 aliphatic heterocycles. The van der Waals surface area contributed by atoms with Crippen LogP contribution in [0.5, 0.6) is 0 Å². The Morgan fingerprint density at radius 1 is 1.50 bits per heavy atom. The van der Waals surface area contributed by atoms with Gasteiger partial charge in [-0.25, -0.2) is 0 Å². The van der Waals surface area contributed by atoms with Crippen LogP contribution in [0.1, 0.15) is 33.6 Å². The zero-order chi connectivity index (χ0) is 12.3. The first-order valence-corrected chi connectivity index (χ1v) is 5.74. The molecular weight excluding hydrogens is 204 g/mol. The molecule has 1 aliphatic rings. The van der Waals surface area contributed by atoms with Crippen molar-refractivity contribution in [1.82, 2.24) is 0 Å². The van der Waals surface area contributed by atoms with Crippen molar-refractivity contribution >= 4 is 0 Å². The van der Waals surface area contributed by atoms with E-state index in [0.29, 0.717) is 12.8 Å². The Morgan fingerprint density at radius 2 is 2.12 bits per heavy atom. The van der Waals surface area contributed by atoms with Gasteiger partial charge in [0.15, 0.2) is 0 Å². The van der Waals surface area contributed by atoms with Crippen LogP contribution < -0.4 is 0 Å². The molecule has 0 radical (unpaired) electrons. The van der Waals surface area contributed by atoms with Crippen LogP contribution in [-0.4, -0.2) is 34.1 Å². The first-order chi connectivity index (χ1) is 7.36. The summed E-state index contributed by atoms with van der Waals surface area (Å²) in [6, 6.07) is 0. The Labute approximate surface area is 97.1 Å². The molecule has 1 aliphatic carbocycles. The largest absolute Gasteiger partial charge is 0.393 e. The monoisotopic (exact) mass is 226 g/mol. The van der Waals surface area contributed by atoms with Gasteiger partial charge < -0.3 is 15.3 Å². The van der Waals surface area contributed by atoms with E-state index in [2.05, 4.69) is 0 Å². The summed E-state index contributed by atoms with van der Waals surface area (Å²) in [5, 5.41) is 28.3. The van der Waals surface area contributed by atoms with Gasteiger partial charge in [-0.15, -0.1) is 0 Å². The fourth-order valence-corrected chi connectivity index (χ4v) is 2.37. The maximum Gasteiger partial charge on any atom is 0.0695 e. The molecule has 0 bridgehead atoms. The van der Waals surface area contributed by atoms with Crippen LogP contribution in [0.15, 0.2) is 23.3 Å². The average molecular weight is 226 g/mol. The van der Waals surface area contributed by atoms with Crippen molar-refractivity contribution in [3.63, 3.8) is 0 Å². The van der Waals surface area contributed by atoms with Crippen LogP contribution in [0.3, 0.4) is 0 Å². The topological polar surface area (TPSA) is 60.7 Å². The number of aliphatic hydroxyl groups excluding tert-OH is 3. The highest BCUT2D eigenvalue weighted by Crippen LogP contribution is 2.40. The van der Waals surface area contributed by atoms with Crippen molar-refractivity contribution in [2.75, 3.05) is 6.61 Å². The first kappa shape index (κ1) is 13.4. The van der Waals surface area contributed by atoms with E-state index in [1.54, 1.807) is 13.0 Å². The Hall–Kier alpha value is -0.640. The minimum atomic E-state index is -0.491. The van der Waals surface area contributed by atoms with E-state index in [4.69, 9.17) is 0 Å². The Balaban J connectivity index is 3.05. The minimum Gasteiger partial charge on any atom is -0.393 e. The molecule has 0 unspecified atom stereocenters. The summed E-state index contributed by atoms with van der Waals surface area (Å²) < 4.78 is 0. The lowest BCUT2D eigenvalue weighted by molar-refractivity contribution is 0.110. The molecule has 92 valence electrons. The van der Waals surface area contributed by atoms with Gasteiger partial charge in [-0.05, 0) is 36.3 Å². The van der Waals surface area contributed by atoms with Crippen LogP contribution in [0.25, 0.3) is 0 Å². The zero-order valence-electron chi connectivity index (χ0n) is 10.3. The molecule has 0 amide bonds. The molecule has 3 heteroatoms. The molecule has 0 saturated carbocycles. The molecule has 0 fully saturated rings. The van der Waals surface area contributed by atoms with Crippen molar-refractivity contribution in [2.24, 2.45) is 5.41 Å². The first-order valence-electron chi connectivity index (χ1n) is 5.74. The summed E-state index contributed by atoms with van der Waals surface area (Å²) in [4.78, 5) is 0. The minimum absolute atomic E-state index is 0.0278. The van der Waals surface area contributed by atoms with E-state index in [-0.39, 0.29) is 18.1 Å². The van der Waals surface area contributed by atoms with Gasteiger partial charge in [-0.1, -0.05) is 26.0 Å². The molecule has 0 aromatic heterocycles. The summed E-state index contributed by atoms with van der Waals surface area (Å²) in [5.41, 5.74) is 1.77. The van der Waals surface area contributed by atoms with E-state index < -0.39 is 6.10 Å². The van der Waals surface area contributed by atoms with Gasteiger partial charge in [0.2, 0.25) is 0 Å². The van der Waals surface area contributed by atoms with Crippen LogP contribution in [0.2, 0.25) is 0 Å². The van der Waals surface area contributed by atoms with Gasteiger partial charge in [0.25, 0.3) is 0 Å². The van der Waals surface area contributed by atoms with Crippen molar-refractivity contribution < 1.29 is 15.3 Å².